The molecule has 0 radical (unpaired) electrons. The molecule has 0 fully saturated rings. The molecule has 0 spiro atoms. The van der Waals surface area contributed by atoms with Gasteiger partial charge in [-0.15, -0.1) is 0 Å². The van der Waals surface area contributed by atoms with Crippen LogP contribution in [0.25, 0.3) is 5.69 Å². The zero-order valence-electron chi connectivity index (χ0n) is 17.1. The summed E-state index contributed by atoms with van der Waals surface area (Å²) in [6, 6.07) is 14.2. The van der Waals surface area contributed by atoms with Crippen molar-refractivity contribution in [3.63, 3.8) is 0 Å². The van der Waals surface area contributed by atoms with E-state index in [1.54, 1.807) is 49.1 Å². The number of rotatable bonds is 1. The number of pyridine rings is 4. The van der Waals surface area contributed by atoms with E-state index in [-0.39, 0.29) is 22.5 Å². The normalized spacial score (nSPS) is 9.65. The van der Waals surface area contributed by atoms with Crippen molar-refractivity contribution in [3.8, 4) is 5.69 Å². The molecule has 5 N–H and O–H groups in total. The third kappa shape index (κ3) is 7.56. The standard InChI is InChI=1S/C11H11N3O.C6H6BrN.C5H6N2O/c1-8-4-5-9(7-13-8)14-6-2-3-10(12)11(14)15;1-5-2-3-6(7)4-8-5;6-4-2-1-3-7-5(4)8/h2-7H,12H2,1H3;2-4H,1H3;1-3H,6H2,(H,7,8). The fourth-order valence-electron chi connectivity index (χ4n) is 2.20. The average Bonchev–Trinajstić information content (AvgIpc) is 2.76. The fraction of sp³-hybridized carbons (Fsp3) is 0.0909. The second-order valence-electron chi connectivity index (χ2n) is 6.37. The van der Waals surface area contributed by atoms with Crippen LogP contribution in [0.1, 0.15) is 11.4 Å². The monoisotopic (exact) mass is 482 g/mol. The Labute approximate surface area is 187 Å². The minimum Gasteiger partial charge on any atom is -0.394 e. The molecule has 4 heterocycles. The summed E-state index contributed by atoms with van der Waals surface area (Å²) in [5.41, 5.74) is 13.4. The molecule has 0 saturated heterocycles. The number of nitrogens with one attached hydrogen (secondary N) is 1. The number of anilines is 2. The molecule has 9 heteroatoms. The lowest BCUT2D eigenvalue weighted by molar-refractivity contribution is 0.976. The number of aromatic amines is 1. The quantitative estimate of drug-likeness (QED) is 0.381. The summed E-state index contributed by atoms with van der Waals surface area (Å²) in [5, 5.41) is 0. The average molecular weight is 483 g/mol. The van der Waals surface area contributed by atoms with Crippen molar-refractivity contribution in [1.82, 2.24) is 19.5 Å². The van der Waals surface area contributed by atoms with E-state index in [2.05, 4.69) is 30.9 Å². The van der Waals surface area contributed by atoms with Crippen molar-refractivity contribution in [2.75, 3.05) is 11.5 Å². The maximum atomic E-state index is 11.7. The topological polar surface area (TPSA) is 133 Å². The van der Waals surface area contributed by atoms with Crippen LogP contribution in [-0.4, -0.2) is 19.5 Å². The highest BCUT2D eigenvalue weighted by atomic mass is 79.9. The van der Waals surface area contributed by atoms with E-state index in [9.17, 15) is 9.59 Å². The van der Waals surface area contributed by atoms with Crippen LogP contribution in [-0.2, 0) is 0 Å². The Hall–Kier alpha value is -3.72. The van der Waals surface area contributed by atoms with E-state index >= 15 is 0 Å². The lowest BCUT2D eigenvalue weighted by Crippen LogP contribution is -2.20. The number of aromatic nitrogens is 4. The van der Waals surface area contributed by atoms with Crippen molar-refractivity contribution in [1.29, 1.82) is 0 Å². The second-order valence-corrected chi connectivity index (χ2v) is 7.28. The van der Waals surface area contributed by atoms with Gasteiger partial charge in [-0.1, -0.05) is 0 Å². The summed E-state index contributed by atoms with van der Waals surface area (Å²) in [5.74, 6) is 0. The molecular formula is C22H23BrN6O2. The first-order chi connectivity index (χ1) is 14.8. The highest BCUT2D eigenvalue weighted by Crippen LogP contribution is 2.06. The lowest BCUT2D eigenvalue weighted by atomic mass is 10.3. The summed E-state index contributed by atoms with van der Waals surface area (Å²) < 4.78 is 2.50. The van der Waals surface area contributed by atoms with Crippen LogP contribution in [0.15, 0.2) is 87.4 Å². The van der Waals surface area contributed by atoms with Crippen LogP contribution >= 0.6 is 15.9 Å². The maximum Gasteiger partial charge on any atom is 0.278 e. The summed E-state index contributed by atoms with van der Waals surface area (Å²) in [4.78, 5) is 32.7. The number of halogens is 1. The molecule has 0 aromatic carbocycles. The first-order valence-electron chi connectivity index (χ1n) is 9.19. The molecule has 0 amide bonds. The highest BCUT2D eigenvalue weighted by molar-refractivity contribution is 9.10. The number of nitrogen functional groups attached to an aromatic ring is 2. The predicted molar refractivity (Wildman–Crippen MR) is 127 cm³/mol. The van der Waals surface area contributed by atoms with Crippen molar-refractivity contribution < 1.29 is 0 Å². The van der Waals surface area contributed by atoms with E-state index < -0.39 is 0 Å². The van der Waals surface area contributed by atoms with Gasteiger partial charge in [0.15, 0.2) is 0 Å². The van der Waals surface area contributed by atoms with Gasteiger partial charge in [0.25, 0.3) is 11.1 Å². The smallest absolute Gasteiger partial charge is 0.278 e. The number of nitrogens with two attached hydrogens (primary N) is 2. The van der Waals surface area contributed by atoms with Gasteiger partial charge < -0.3 is 16.5 Å². The van der Waals surface area contributed by atoms with Gasteiger partial charge in [0.05, 0.1) is 23.3 Å². The molecule has 0 bridgehead atoms. The molecule has 4 aromatic heterocycles. The van der Waals surface area contributed by atoms with Crippen molar-refractivity contribution in [2.24, 2.45) is 0 Å². The van der Waals surface area contributed by atoms with Gasteiger partial charge in [0, 0.05) is 34.5 Å². The molecule has 0 saturated carbocycles. The van der Waals surface area contributed by atoms with Crippen LogP contribution in [0.5, 0.6) is 0 Å². The van der Waals surface area contributed by atoms with E-state index in [1.165, 1.54) is 4.57 Å². The van der Waals surface area contributed by atoms with Crippen LogP contribution in [0.4, 0.5) is 11.4 Å². The van der Waals surface area contributed by atoms with Gasteiger partial charge in [-0.3, -0.25) is 24.1 Å². The van der Waals surface area contributed by atoms with Crippen LogP contribution < -0.4 is 22.6 Å². The number of aryl methyl sites for hydroxylation is 2. The molecule has 0 aliphatic rings. The van der Waals surface area contributed by atoms with E-state index in [0.29, 0.717) is 0 Å². The first-order valence-corrected chi connectivity index (χ1v) is 9.98. The van der Waals surface area contributed by atoms with Crippen molar-refractivity contribution >= 4 is 27.3 Å². The van der Waals surface area contributed by atoms with Crippen LogP contribution in [0, 0.1) is 13.8 Å². The minimum atomic E-state index is -0.229. The minimum absolute atomic E-state index is 0.219. The Morgan fingerprint density at radius 3 is 2.00 bits per heavy atom. The molecule has 160 valence electrons. The van der Waals surface area contributed by atoms with Gasteiger partial charge in [-0.05, 0) is 78.3 Å². The van der Waals surface area contributed by atoms with Crippen LogP contribution in [0.3, 0.4) is 0 Å². The zero-order chi connectivity index (χ0) is 22.8. The Bertz CT molecular complexity index is 1200. The SMILES string of the molecule is Cc1ccc(-n2cccc(N)c2=O)cn1.Cc1ccc(Br)cn1.Nc1ccc[nH]c1=O. The van der Waals surface area contributed by atoms with Gasteiger partial charge in [-0.25, -0.2) is 0 Å². The maximum absolute atomic E-state index is 11.7. The molecular weight excluding hydrogens is 460 g/mol. The van der Waals surface area contributed by atoms with Gasteiger partial charge in [0.2, 0.25) is 0 Å². The third-order valence-electron chi connectivity index (χ3n) is 3.87. The molecule has 8 nitrogen and oxygen atoms in total. The number of hydrogen-bond acceptors (Lipinski definition) is 6. The van der Waals surface area contributed by atoms with E-state index in [1.807, 2.05) is 38.1 Å². The number of hydrogen-bond donors (Lipinski definition) is 3. The summed E-state index contributed by atoms with van der Waals surface area (Å²) >= 11 is 3.28. The Morgan fingerprint density at radius 2 is 1.52 bits per heavy atom. The van der Waals surface area contributed by atoms with Gasteiger partial charge >= 0.3 is 0 Å². The molecule has 4 rings (SSSR count). The lowest BCUT2D eigenvalue weighted by Gasteiger charge is -2.05. The Balaban J connectivity index is 0.000000181. The molecule has 0 unspecified atom stereocenters. The molecule has 31 heavy (non-hydrogen) atoms. The van der Waals surface area contributed by atoms with Gasteiger partial charge in [0.1, 0.15) is 0 Å². The summed E-state index contributed by atoms with van der Waals surface area (Å²) in [7, 11) is 0. The second kappa shape index (κ2) is 11.5. The Morgan fingerprint density at radius 1 is 0.871 bits per heavy atom. The summed E-state index contributed by atoms with van der Waals surface area (Å²) in [6.45, 7) is 3.86. The highest BCUT2D eigenvalue weighted by Gasteiger charge is 2.01. The van der Waals surface area contributed by atoms with Crippen LogP contribution in [0.2, 0.25) is 0 Å². The molecule has 0 aliphatic carbocycles. The number of nitrogens with zero attached hydrogens (tertiary/aromatic N) is 3. The molecule has 0 aliphatic heterocycles. The molecule has 0 atom stereocenters. The zero-order valence-corrected chi connectivity index (χ0v) is 18.7. The number of H-pyrrole nitrogens is 1. The summed E-state index contributed by atoms with van der Waals surface area (Å²) in [6.07, 6.45) is 6.65. The Kier molecular flexibility index (Phi) is 8.71. The predicted octanol–water partition coefficient (Wildman–Crippen LogP) is 3.23. The van der Waals surface area contributed by atoms with E-state index in [4.69, 9.17) is 11.5 Å². The molecule has 4 aromatic rings. The fourth-order valence-corrected chi connectivity index (χ4v) is 2.44. The van der Waals surface area contributed by atoms with Crippen molar-refractivity contribution in [2.45, 2.75) is 13.8 Å². The first kappa shape index (κ1) is 23.6. The largest absolute Gasteiger partial charge is 0.394 e. The van der Waals surface area contributed by atoms with E-state index in [0.717, 1.165) is 21.5 Å². The third-order valence-corrected chi connectivity index (χ3v) is 4.34. The van der Waals surface area contributed by atoms with Crippen molar-refractivity contribution in [3.05, 3.63) is 110 Å². The van der Waals surface area contributed by atoms with Gasteiger partial charge in [-0.2, -0.15) is 0 Å².